The van der Waals surface area contributed by atoms with Crippen molar-refractivity contribution in [2.75, 3.05) is 31.1 Å². The van der Waals surface area contributed by atoms with Crippen LogP contribution in [0.2, 0.25) is 5.02 Å². The van der Waals surface area contributed by atoms with Gasteiger partial charge >= 0.3 is 0 Å². The summed E-state index contributed by atoms with van der Waals surface area (Å²) in [5, 5.41) is 9.85. The Bertz CT molecular complexity index is 711. The number of hydrogen-bond donors (Lipinski definition) is 1. The second-order valence-corrected chi connectivity index (χ2v) is 5.59. The lowest BCUT2D eigenvalue weighted by molar-refractivity contribution is 0.227. The minimum atomic E-state index is -0.413. The molecule has 0 radical (unpaired) electrons. The second-order valence-electron chi connectivity index (χ2n) is 5.19. The summed E-state index contributed by atoms with van der Waals surface area (Å²) in [6.07, 6.45) is 4.47. The van der Waals surface area contributed by atoms with Gasteiger partial charge in [-0.1, -0.05) is 11.6 Å². The zero-order chi connectivity index (χ0) is 15.5. The largest absolute Gasteiger partial charge is 0.502 e. The molecule has 0 spiro atoms. The minimum Gasteiger partial charge on any atom is -0.502 e. The molecule has 2 aromatic heterocycles. The molecule has 22 heavy (non-hydrogen) atoms. The molecule has 2 aromatic rings. The van der Waals surface area contributed by atoms with Crippen LogP contribution < -0.4 is 10.3 Å². The number of nitrogens with zero attached hydrogens (tertiary/aromatic N) is 3. The highest BCUT2D eigenvalue weighted by Gasteiger charge is 2.19. The number of hydrogen-bond acceptors (Lipinski definition) is 6. The summed E-state index contributed by atoms with van der Waals surface area (Å²) in [5.74, 6) is 0.194. The third-order valence-electron chi connectivity index (χ3n) is 3.71. The van der Waals surface area contributed by atoms with E-state index < -0.39 is 5.43 Å². The molecule has 0 atom stereocenters. The summed E-state index contributed by atoms with van der Waals surface area (Å²) in [7, 11) is 0. The average Bonchev–Trinajstić information content (AvgIpc) is 2.52. The van der Waals surface area contributed by atoms with E-state index in [-0.39, 0.29) is 5.75 Å². The lowest BCUT2D eigenvalue weighted by Gasteiger charge is -2.36. The van der Waals surface area contributed by atoms with Crippen LogP contribution in [0.25, 0.3) is 0 Å². The highest BCUT2D eigenvalue weighted by Crippen LogP contribution is 2.25. The zero-order valence-electron chi connectivity index (χ0n) is 11.9. The SMILES string of the molecule is O=c1cc(CN2CCN(c3ccncc3Cl)CC2)occ1O. The molecule has 116 valence electrons. The fourth-order valence-electron chi connectivity index (χ4n) is 2.52. The summed E-state index contributed by atoms with van der Waals surface area (Å²) < 4.78 is 5.24. The molecule has 1 saturated heterocycles. The summed E-state index contributed by atoms with van der Waals surface area (Å²) in [6, 6.07) is 3.25. The summed E-state index contributed by atoms with van der Waals surface area (Å²) in [6.45, 7) is 3.90. The van der Waals surface area contributed by atoms with Crippen LogP contribution in [-0.4, -0.2) is 41.2 Å². The maximum absolute atomic E-state index is 11.4. The van der Waals surface area contributed by atoms with Crippen molar-refractivity contribution in [3.8, 4) is 5.75 Å². The first-order chi connectivity index (χ1) is 10.6. The number of pyridine rings is 1. The predicted molar refractivity (Wildman–Crippen MR) is 83.4 cm³/mol. The molecule has 0 amide bonds. The first-order valence-electron chi connectivity index (χ1n) is 7.01. The molecule has 0 saturated carbocycles. The quantitative estimate of drug-likeness (QED) is 0.928. The predicted octanol–water partition coefficient (Wildman–Crippen LogP) is 1.72. The standard InChI is InChI=1S/C15H16ClN3O3/c16-12-8-17-2-1-13(12)19-5-3-18(4-6-19)9-11-7-14(20)15(21)10-22-11/h1-2,7-8,10,21H,3-6,9H2. The van der Waals surface area contributed by atoms with Crippen LogP contribution in [0.3, 0.4) is 0 Å². The smallest absolute Gasteiger partial charge is 0.226 e. The maximum Gasteiger partial charge on any atom is 0.226 e. The molecule has 1 fully saturated rings. The van der Waals surface area contributed by atoms with Crippen LogP contribution in [0.4, 0.5) is 5.69 Å². The van der Waals surface area contributed by atoms with Gasteiger partial charge in [-0.3, -0.25) is 14.7 Å². The molecule has 0 bridgehead atoms. The van der Waals surface area contributed by atoms with Crippen molar-refractivity contribution in [3.05, 3.63) is 51.8 Å². The normalized spacial score (nSPS) is 16.0. The van der Waals surface area contributed by atoms with Gasteiger partial charge in [0.2, 0.25) is 5.43 Å². The van der Waals surface area contributed by atoms with Crippen LogP contribution in [0.1, 0.15) is 5.76 Å². The van der Waals surface area contributed by atoms with Crippen molar-refractivity contribution in [2.45, 2.75) is 6.54 Å². The molecule has 1 aliphatic rings. The van der Waals surface area contributed by atoms with Gasteiger partial charge in [0.1, 0.15) is 12.0 Å². The molecule has 6 nitrogen and oxygen atoms in total. The first-order valence-corrected chi connectivity index (χ1v) is 7.39. The monoisotopic (exact) mass is 321 g/mol. The third-order valence-corrected chi connectivity index (χ3v) is 4.00. The van der Waals surface area contributed by atoms with Gasteiger partial charge in [0, 0.05) is 44.6 Å². The van der Waals surface area contributed by atoms with E-state index >= 15 is 0 Å². The molecular formula is C15H16ClN3O3. The van der Waals surface area contributed by atoms with Gasteiger partial charge in [-0.2, -0.15) is 0 Å². The topological polar surface area (TPSA) is 69.8 Å². The molecule has 1 N–H and O–H groups in total. The third kappa shape index (κ3) is 3.23. The fraction of sp³-hybridized carbons (Fsp3) is 0.333. The number of aromatic nitrogens is 1. The van der Waals surface area contributed by atoms with E-state index in [0.717, 1.165) is 38.1 Å². The zero-order valence-corrected chi connectivity index (χ0v) is 12.7. The summed E-state index contributed by atoms with van der Waals surface area (Å²) in [5.41, 5.74) is 0.580. The molecule has 7 heteroatoms. The van der Waals surface area contributed by atoms with Gasteiger partial charge in [-0.05, 0) is 6.07 Å². The van der Waals surface area contributed by atoms with Crippen molar-refractivity contribution < 1.29 is 9.52 Å². The second kappa shape index (κ2) is 6.37. The molecule has 0 aromatic carbocycles. The Kier molecular flexibility index (Phi) is 4.31. The van der Waals surface area contributed by atoms with Crippen LogP contribution in [0, 0.1) is 0 Å². The molecular weight excluding hydrogens is 306 g/mol. The van der Waals surface area contributed by atoms with Crippen molar-refractivity contribution in [1.29, 1.82) is 0 Å². The van der Waals surface area contributed by atoms with E-state index in [4.69, 9.17) is 16.0 Å². The Balaban J connectivity index is 1.61. The van der Waals surface area contributed by atoms with E-state index in [1.165, 1.54) is 6.07 Å². The number of aromatic hydroxyl groups is 1. The molecule has 3 rings (SSSR count). The van der Waals surface area contributed by atoms with Gasteiger partial charge in [0.25, 0.3) is 0 Å². The van der Waals surface area contributed by atoms with E-state index in [9.17, 15) is 9.90 Å². The van der Waals surface area contributed by atoms with Crippen molar-refractivity contribution in [3.63, 3.8) is 0 Å². The van der Waals surface area contributed by atoms with Gasteiger partial charge in [0.05, 0.1) is 17.3 Å². The van der Waals surface area contributed by atoms with Crippen molar-refractivity contribution >= 4 is 17.3 Å². The molecule has 0 unspecified atom stereocenters. The van der Waals surface area contributed by atoms with Gasteiger partial charge in [-0.25, -0.2) is 0 Å². The number of halogens is 1. The highest BCUT2D eigenvalue weighted by molar-refractivity contribution is 6.33. The number of rotatable bonds is 3. The van der Waals surface area contributed by atoms with Crippen molar-refractivity contribution in [2.24, 2.45) is 0 Å². The van der Waals surface area contributed by atoms with Crippen LogP contribution >= 0.6 is 11.6 Å². The number of piperazine rings is 1. The lowest BCUT2D eigenvalue weighted by Crippen LogP contribution is -2.46. The van der Waals surface area contributed by atoms with Gasteiger partial charge < -0.3 is 14.4 Å². The maximum atomic E-state index is 11.4. The van der Waals surface area contributed by atoms with Crippen LogP contribution in [0.5, 0.6) is 5.75 Å². The van der Waals surface area contributed by atoms with Crippen LogP contribution in [0.15, 0.2) is 40.0 Å². The Hall–Kier alpha value is -2.05. The van der Waals surface area contributed by atoms with E-state index in [2.05, 4.69) is 14.8 Å². The first kappa shape index (κ1) is 14.9. The van der Waals surface area contributed by atoms with E-state index in [1.54, 1.807) is 12.4 Å². The van der Waals surface area contributed by atoms with Gasteiger partial charge in [0.15, 0.2) is 5.75 Å². The number of anilines is 1. The Morgan fingerprint density at radius 1 is 1.32 bits per heavy atom. The molecule has 1 aliphatic heterocycles. The Labute approximate surface area is 132 Å². The van der Waals surface area contributed by atoms with Gasteiger partial charge in [-0.15, -0.1) is 0 Å². The summed E-state index contributed by atoms with van der Waals surface area (Å²) in [4.78, 5) is 19.8. The van der Waals surface area contributed by atoms with Crippen molar-refractivity contribution in [1.82, 2.24) is 9.88 Å². The molecule has 0 aliphatic carbocycles. The van der Waals surface area contributed by atoms with E-state index in [0.29, 0.717) is 17.3 Å². The molecule has 3 heterocycles. The minimum absolute atomic E-state index is 0.360. The fourth-order valence-corrected chi connectivity index (χ4v) is 2.76. The summed E-state index contributed by atoms with van der Waals surface area (Å²) >= 11 is 6.16. The Morgan fingerprint density at radius 3 is 2.77 bits per heavy atom. The van der Waals surface area contributed by atoms with Crippen LogP contribution in [-0.2, 0) is 6.54 Å². The highest BCUT2D eigenvalue weighted by atomic mass is 35.5. The average molecular weight is 322 g/mol. The Morgan fingerprint density at radius 2 is 2.09 bits per heavy atom. The van der Waals surface area contributed by atoms with E-state index in [1.807, 2.05) is 6.07 Å². The lowest BCUT2D eigenvalue weighted by atomic mass is 10.2.